The van der Waals surface area contributed by atoms with E-state index in [0.29, 0.717) is 5.82 Å². The molecule has 0 fully saturated rings. The minimum Gasteiger partial charge on any atom is -0.370 e. The molecule has 0 spiro atoms. The quantitative estimate of drug-likeness (QED) is 0.788. The van der Waals surface area contributed by atoms with E-state index in [9.17, 15) is 0 Å². The van der Waals surface area contributed by atoms with E-state index >= 15 is 0 Å². The standard InChI is InChI=1S/C17H18N4/c1-3-9-18-15-11-12(2)20-17(21-15)16-14-7-5-4-6-13(14)8-10-19-16/h4-8,10-11H,3,9H2,1-2H3,(H,18,20,21). The summed E-state index contributed by atoms with van der Waals surface area (Å²) in [5.41, 5.74) is 1.77. The summed E-state index contributed by atoms with van der Waals surface area (Å²) in [4.78, 5) is 13.6. The lowest BCUT2D eigenvalue weighted by atomic mass is 10.1. The summed E-state index contributed by atoms with van der Waals surface area (Å²) in [5.74, 6) is 1.53. The number of benzene rings is 1. The molecule has 2 aromatic heterocycles. The van der Waals surface area contributed by atoms with Crippen LogP contribution in [0.5, 0.6) is 0 Å². The molecule has 106 valence electrons. The predicted molar refractivity (Wildman–Crippen MR) is 86.3 cm³/mol. The van der Waals surface area contributed by atoms with Gasteiger partial charge >= 0.3 is 0 Å². The second-order valence-corrected chi connectivity index (χ2v) is 5.03. The highest BCUT2D eigenvalue weighted by atomic mass is 15.0. The highest BCUT2D eigenvalue weighted by Gasteiger charge is 2.09. The van der Waals surface area contributed by atoms with E-state index in [1.165, 1.54) is 0 Å². The number of hydrogen-bond acceptors (Lipinski definition) is 4. The van der Waals surface area contributed by atoms with Crippen LogP contribution in [0.2, 0.25) is 0 Å². The Labute approximate surface area is 124 Å². The van der Waals surface area contributed by atoms with Gasteiger partial charge in [-0.2, -0.15) is 0 Å². The molecule has 4 nitrogen and oxygen atoms in total. The molecule has 2 heterocycles. The van der Waals surface area contributed by atoms with Crippen molar-refractivity contribution in [2.45, 2.75) is 20.3 Å². The molecule has 0 saturated heterocycles. The van der Waals surface area contributed by atoms with Gasteiger partial charge in [0.25, 0.3) is 0 Å². The second kappa shape index (κ2) is 5.87. The van der Waals surface area contributed by atoms with Crippen molar-refractivity contribution in [3.63, 3.8) is 0 Å². The first-order chi connectivity index (χ1) is 10.3. The van der Waals surface area contributed by atoms with Gasteiger partial charge in [-0.05, 0) is 24.8 Å². The topological polar surface area (TPSA) is 50.7 Å². The van der Waals surface area contributed by atoms with E-state index < -0.39 is 0 Å². The molecular weight excluding hydrogens is 260 g/mol. The Morgan fingerprint density at radius 1 is 1.10 bits per heavy atom. The number of nitrogens with zero attached hydrogens (tertiary/aromatic N) is 3. The molecule has 0 amide bonds. The Kier molecular flexibility index (Phi) is 3.77. The van der Waals surface area contributed by atoms with Crippen molar-refractivity contribution >= 4 is 16.6 Å². The predicted octanol–water partition coefficient (Wildman–Crippen LogP) is 3.82. The van der Waals surface area contributed by atoms with Crippen LogP contribution in [-0.2, 0) is 0 Å². The van der Waals surface area contributed by atoms with Crippen molar-refractivity contribution in [3.05, 3.63) is 48.3 Å². The monoisotopic (exact) mass is 278 g/mol. The maximum absolute atomic E-state index is 4.61. The van der Waals surface area contributed by atoms with Gasteiger partial charge in [-0.25, -0.2) is 9.97 Å². The van der Waals surface area contributed by atoms with Gasteiger partial charge in [0.05, 0.1) is 0 Å². The van der Waals surface area contributed by atoms with E-state index in [-0.39, 0.29) is 0 Å². The molecule has 0 bridgehead atoms. The first-order valence-electron chi connectivity index (χ1n) is 7.21. The number of aryl methyl sites for hydroxylation is 1. The fraction of sp³-hybridized carbons (Fsp3) is 0.235. The Morgan fingerprint density at radius 3 is 2.81 bits per heavy atom. The highest BCUT2D eigenvalue weighted by molar-refractivity contribution is 5.92. The Bertz CT molecular complexity index is 762. The number of hydrogen-bond donors (Lipinski definition) is 1. The van der Waals surface area contributed by atoms with Crippen molar-refractivity contribution in [1.82, 2.24) is 15.0 Å². The molecule has 1 aromatic carbocycles. The lowest BCUT2D eigenvalue weighted by Crippen LogP contribution is -2.05. The molecule has 3 rings (SSSR count). The van der Waals surface area contributed by atoms with E-state index in [2.05, 4.69) is 39.3 Å². The fourth-order valence-electron chi connectivity index (χ4n) is 2.32. The molecule has 0 radical (unpaired) electrons. The lowest BCUT2D eigenvalue weighted by Gasteiger charge is -2.09. The number of anilines is 1. The Balaban J connectivity index is 2.12. The van der Waals surface area contributed by atoms with E-state index in [1.54, 1.807) is 0 Å². The first kappa shape index (κ1) is 13.5. The number of pyridine rings is 1. The summed E-state index contributed by atoms with van der Waals surface area (Å²) in [6.45, 7) is 5.01. The van der Waals surface area contributed by atoms with Gasteiger partial charge in [-0.3, -0.25) is 4.98 Å². The van der Waals surface area contributed by atoms with E-state index in [0.717, 1.165) is 40.9 Å². The van der Waals surface area contributed by atoms with Crippen LogP contribution in [0.25, 0.3) is 22.3 Å². The summed E-state index contributed by atoms with van der Waals surface area (Å²) in [7, 11) is 0. The number of fused-ring (bicyclic) bond motifs is 1. The second-order valence-electron chi connectivity index (χ2n) is 5.03. The summed E-state index contributed by atoms with van der Waals surface area (Å²) >= 11 is 0. The van der Waals surface area contributed by atoms with Crippen molar-refractivity contribution in [1.29, 1.82) is 0 Å². The normalized spacial score (nSPS) is 10.8. The zero-order valence-electron chi connectivity index (χ0n) is 12.3. The van der Waals surface area contributed by atoms with Crippen molar-refractivity contribution < 1.29 is 0 Å². The van der Waals surface area contributed by atoms with Crippen LogP contribution in [0.4, 0.5) is 5.82 Å². The maximum atomic E-state index is 4.61. The van der Waals surface area contributed by atoms with E-state index in [1.807, 2.05) is 37.4 Å². The minimum atomic E-state index is 0.672. The maximum Gasteiger partial charge on any atom is 0.181 e. The highest BCUT2D eigenvalue weighted by Crippen LogP contribution is 2.24. The third-order valence-corrected chi connectivity index (χ3v) is 3.30. The SMILES string of the molecule is CCCNc1cc(C)nc(-c2nccc3ccccc23)n1. The van der Waals surface area contributed by atoms with Crippen molar-refractivity contribution in [2.75, 3.05) is 11.9 Å². The zero-order valence-corrected chi connectivity index (χ0v) is 12.3. The summed E-state index contributed by atoms with van der Waals surface area (Å²) in [5, 5.41) is 5.54. The van der Waals surface area contributed by atoms with Crippen LogP contribution < -0.4 is 5.32 Å². The molecule has 0 aliphatic carbocycles. The van der Waals surface area contributed by atoms with Gasteiger partial charge in [0.2, 0.25) is 0 Å². The molecule has 1 N–H and O–H groups in total. The van der Waals surface area contributed by atoms with Crippen LogP contribution in [0.1, 0.15) is 19.0 Å². The van der Waals surface area contributed by atoms with Crippen molar-refractivity contribution in [2.24, 2.45) is 0 Å². The average molecular weight is 278 g/mol. The Morgan fingerprint density at radius 2 is 1.95 bits per heavy atom. The van der Waals surface area contributed by atoms with Crippen LogP contribution in [-0.4, -0.2) is 21.5 Å². The van der Waals surface area contributed by atoms with Crippen molar-refractivity contribution in [3.8, 4) is 11.5 Å². The fourth-order valence-corrected chi connectivity index (χ4v) is 2.32. The van der Waals surface area contributed by atoms with E-state index in [4.69, 9.17) is 0 Å². The summed E-state index contributed by atoms with van der Waals surface area (Å²) < 4.78 is 0. The van der Waals surface area contributed by atoms with Gasteiger partial charge in [0, 0.05) is 29.9 Å². The number of rotatable bonds is 4. The van der Waals surface area contributed by atoms with Crippen LogP contribution in [0.15, 0.2) is 42.6 Å². The average Bonchev–Trinajstić information content (AvgIpc) is 2.52. The molecule has 4 heteroatoms. The smallest absolute Gasteiger partial charge is 0.181 e. The number of aromatic nitrogens is 3. The first-order valence-corrected chi connectivity index (χ1v) is 7.21. The largest absolute Gasteiger partial charge is 0.370 e. The van der Waals surface area contributed by atoms with Gasteiger partial charge < -0.3 is 5.32 Å². The van der Waals surface area contributed by atoms with Crippen LogP contribution in [0, 0.1) is 6.92 Å². The van der Waals surface area contributed by atoms with Crippen LogP contribution in [0.3, 0.4) is 0 Å². The molecule has 21 heavy (non-hydrogen) atoms. The zero-order chi connectivity index (χ0) is 14.7. The van der Waals surface area contributed by atoms with Gasteiger partial charge in [0.1, 0.15) is 11.5 Å². The molecule has 0 aliphatic rings. The number of nitrogens with one attached hydrogen (secondary N) is 1. The van der Waals surface area contributed by atoms with Gasteiger partial charge in [-0.15, -0.1) is 0 Å². The molecule has 0 saturated carbocycles. The summed E-state index contributed by atoms with van der Waals surface area (Å²) in [6.07, 6.45) is 2.87. The Hall–Kier alpha value is -2.49. The third-order valence-electron chi connectivity index (χ3n) is 3.30. The summed E-state index contributed by atoms with van der Waals surface area (Å²) in [6, 6.07) is 12.1. The van der Waals surface area contributed by atoms with Crippen LogP contribution >= 0.6 is 0 Å². The van der Waals surface area contributed by atoms with Gasteiger partial charge in [-0.1, -0.05) is 31.2 Å². The molecular formula is C17H18N4. The minimum absolute atomic E-state index is 0.672. The lowest BCUT2D eigenvalue weighted by molar-refractivity contribution is 0.961. The van der Waals surface area contributed by atoms with Gasteiger partial charge in [0.15, 0.2) is 5.82 Å². The molecule has 0 unspecified atom stereocenters. The molecule has 0 aliphatic heterocycles. The molecule has 0 atom stereocenters. The third kappa shape index (κ3) is 2.84. The molecule has 3 aromatic rings.